The number of hydrogen-bond acceptors (Lipinski definition) is 3. The molecule has 0 radical (unpaired) electrons. The van der Waals surface area contributed by atoms with Crippen LogP contribution in [0.4, 0.5) is 18.0 Å². The largest absolute Gasteiger partial charge is 0.416 e. The molecule has 1 aliphatic heterocycles. The number of amides is 3. The lowest BCUT2D eigenvalue weighted by atomic mass is 10.1. The van der Waals surface area contributed by atoms with Gasteiger partial charge in [-0.15, -0.1) is 24.0 Å². The van der Waals surface area contributed by atoms with Gasteiger partial charge in [-0.2, -0.15) is 13.2 Å². The van der Waals surface area contributed by atoms with Crippen molar-refractivity contribution in [2.24, 2.45) is 4.99 Å². The molecule has 1 aromatic rings. The van der Waals surface area contributed by atoms with E-state index in [1.165, 1.54) is 12.1 Å². The van der Waals surface area contributed by atoms with Gasteiger partial charge in [0.1, 0.15) is 0 Å². The topological polar surface area (TPSA) is 85.8 Å². The molecule has 27 heavy (non-hydrogen) atoms. The Hall–Kier alpha value is -2.05. The molecule has 150 valence electrons. The van der Waals surface area contributed by atoms with Gasteiger partial charge in [-0.1, -0.05) is 12.1 Å². The quantitative estimate of drug-likeness (QED) is 0.242. The van der Waals surface area contributed by atoms with Gasteiger partial charge in [0.2, 0.25) is 5.91 Å². The van der Waals surface area contributed by atoms with Crippen molar-refractivity contribution < 1.29 is 22.8 Å². The second-order valence-corrected chi connectivity index (χ2v) is 5.52. The molecule has 2 rings (SSSR count). The minimum Gasteiger partial charge on any atom is -0.357 e. The summed E-state index contributed by atoms with van der Waals surface area (Å²) in [6, 6.07) is 4.36. The predicted octanol–water partition coefficient (Wildman–Crippen LogP) is 1.93. The molecule has 0 aliphatic carbocycles. The van der Waals surface area contributed by atoms with Crippen molar-refractivity contribution in [2.45, 2.75) is 19.6 Å². The molecule has 0 bridgehead atoms. The van der Waals surface area contributed by atoms with Gasteiger partial charge in [0.15, 0.2) is 5.96 Å². The third-order valence-corrected chi connectivity index (χ3v) is 3.61. The van der Waals surface area contributed by atoms with E-state index in [9.17, 15) is 22.8 Å². The molecule has 1 aliphatic rings. The van der Waals surface area contributed by atoms with E-state index in [1.807, 2.05) is 6.92 Å². The van der Waals surface area contributed by atoms with Gasteiger partial charge >= 0.3 is 12.2 Å². The lowest BCUT2D eigenvalue weighted by molar-refractivity contribution is -0.137. The first-order valence-electron chi connectivity index (χ1n) is 8.07. The van der Waals surface area contributed by atoms with Crippen molar-refractivity contribution in [2.75, 3.05) is 26.2 Å². The van der Waals surface area contributed by atoms with Crippen LogP contribution in [0.1, 0.15) is 18.1 Å². The number of guanidine groups is 1. The highest BCUT2D eigenvalue weighted by Gasteiger charge is 2.30. The number of aliphatic imine (C=N–C) groups is 1. The van der Waals surface area contributed by atoms with Crippen molar-refractivity contribution in [1.82, 2.24) is 20.9 Å². The molecule has 1 aromatic carbocycles. The second-order valence-electron chi connectivity index (χ2n) is 5.52. The van der Waals surface area contributed by atoms with Gasteiger partial charge < -0.3 is 16.0 Å². The van der Waals surface area contributed by atoms with E-state index >= 15 is 0 Å². The average Bonchev–Trinajstić information content (AvgIpc) is 2.91. The maximum absolute atomic E-state index is 12.6. The number of halogens is 4. The molecule has 1 fully saturated rings. The first kappa shape index (κ1) is 23.0. The van der Waals surface area contributed by atoms with Crippen LogP contribution >= 0.6 is 24.0 Å². The second kappa shape index (κ2) is 10.3. The van der Waals surface area contributed by atoms with Crippen molar-refractivity contribution in [1.29, 1.82) is 0 Å². The summed E-state index contributed by atoms with van der Waals surface area (Å²) < 4.78 is 37.7. The molecule has 3 N–H and O–H groups in total. The number of carbonyl (C=O) groups is 2. The Morgan fingerprint density at radius 1 is 1.22 bits per heavy atom. The molecule has 1 saturated heterocycles. The van der Waals surface area contributed by atoms with Crippen LogP contribution in [-0.4, -0.2) is 49.0 Å². The molecule has 0 spiro atoms. The lowest BCUT2D eigenvalue weighted by Gasteiger charge is -2.15. The van der Waals surface area contributed by atoms with Crippen LogP contribution in [0.25, 0.3) is 0 Å². The number of urea groups is 1. The van der Waals surface area contributed by atoms with Gasteiger partial charge in [-0.05, 0) is 24.6 Å². The van der Waals surface area contributed by atoms with E-state index in [1.54, 1.807) is 0 Å². The Labute approximate surface area is 171 Å². The molecule has 1 heterocycles. The fourth-order valence-corrected chi connectivity index (χ4v) is 2.28. The molecule has 0 unspecified atom stereocenters. The van der Waals surface area contributed by atoms with Crippen molar-refractivity contribution >= 4 is 41.9 Å². The third kappa shape index (κ3) is 6.88. The van der Waals surface area contributed by atoms with Gasteiger partial charge in [-0.25, -0.2) is 9.79 Å². The first-order chi connectivity index (χ1) is 12.3. The van der Waals surface area contributed by atoms with Crippen molar-refractivity contribution in [3.63, 3.8) is 0 Å². The number of rotatable bonds is 6. The minimum atomic E-state index is -4.36. The van der Waals surface area contributed by atoms with E-state index in [0.717, 1.165) is 17.0 Å². The Balaban J connectivity index is 0.00000364. The number of nitrogens with zero attached hydrogens (tertiary/aromatic N) is 2. The zero-order chi connectivity index (χ0) is 19.2. The van der Waals surface area contributed by atoms with Crippen molar-refractivity contribution in [3.05, 3.63) is 35.4 Å². The van der Waals surface area contributed by atoms with E-state index in [0.29, 0.717) is 24.6 Å². The standard InChI is InChI=1S/C16H20F3N5O2.HI/c1-2-20-14(21-7-8-24-13(25)10-23-15(24)26)22-9-11-3-5-12(6-4-11)16(17,18)19;/h3-6H,2,7-10H2,1H3,(H,23,26)(H2,20,21,22);1H. The Morgan fingerprint density at radius 2 is 1.89 bits per heavy atom. The summed E-state index contributed by atoms with van der Waals surface area (Å²) in [6.07, 6.45) is -4.36. The fraction of sp³-hybridized carbons (Fsp3) is 0.438. The molecule has 0 aromatic heterocycles. The summed E-state index contributed by atoms with van der Waals surface area (Å²) >= 11 is 0. The van der Waals surface area contributed by atoms with E-state index in [2.05, 4.69) is 20.9 Å². The highest BCUT2D eigenvalue weighted by Crippen LogP contribution is 2.29. The third-order valence-electron chi connectivity index (χ3n) is 3.61. The van der Waals surface area contributed by atoms with E-state index < -0.39 is 17.8 Å². The normalized spacial score (nSPS) is 14.7. The number of alkyl halides is 3. The molecule has 3 amide bonds. The monoisotopic (exact) mass is 499 g/mol. The smallest absolute Gasteiger partial charge is 0.357 e. The zero-order valence-corrected chi connectivity index (χ0v) is 16.9. The van der Waals surface area contributed by atoms with Gasteiger partial charge in [-0.3, -0.25) is 9.69 Å². The highest BCUT2D eigenvalue weighted by molar-refractivity contribution is 14.0. The zero-order valence-electron chi connectivity index (χ0n) is 14.6. The lowest BCUT2D eigenvalue weighted by Crippen LogP contribution is -2.43. The number of hydrogen-bond donors (Lipinski definition) is 3. The predicted molar refractivity (Wildman–Crippen MR) is 105 cm³/mol. The van der Waals surface area contributed by atoms with Gasteiger partial charge in [0.05, 0.1) is 18.7 Å². The Kier molecular flexibility index (Phi) is 8.79. The first-order valence-corrected chi connectivity index (χ1v) is 8.07. The van der Waals surface area contributed by atoms with E-state index in [-0.39, 0.29) is 49.5 Å². The molecule has 7 nitrogen and oxygen atoms in total. The van der Waals surface area contributed by atoms with Crippen LogP contribution in [0.15, 0.2) is 29.3 Å². The number of benzene rings is 1. The Bertz CT molecular complexity index is 664. The average molecular weight is 499 g/mol. The minimum absolute atomic E-state index is 0. The highest BCUT2D eigenvalue weighted by atomic mass is 127. The van der Waals surface area contributed by atoms with Crippen molar-refractivity contribution in [3.8, 4) is 0 Å². The van der Waals surface area contributed by atoms with E-state index in [4.69, 9.17) is 0 Å². The van der Waals surface area contributed by atoms with Crippen LogP contribution in [0.2, 0.25) is 0 Å². The molecule has 11 heteroatoms. The summed E-state index contributed by atoms with van der Waals surface area (Å²) in [5.74, 6) is 0.156. The maximum atomic E-state index is 12.6. The number of nitrogens with one attached hydrogen (secondary N) is 3. The summed E-state index contributed by atoms with van der Waals surface area (Å²) in [5.41, 5.74) is -0.0758. The summed E-state index contributed by atoms with van der Waals surface area (Å²) in [7, 11) is 0. The van der Waals surface area contributed by atoms with Crippen LogP contribution in [-0.2, 0) is 17.5 Å². The van der Waals surface area contributed by atoms with Crippen LogP contribution < -0.4 is 16.0 Å². The molecular formula is C16H21F3IN5O2. The summed E-state index contributed by atoms with van der Waals surface area (Å²) in [4.78, 5) is 28.3. The summed E-state index contributed by atoms with van der Waals surface area (Å²) in [6.45, 7) is 3.14. The fourth-order valence-electron chi connectivity index (χ4n) is 2.28. The SMILES string of the molecule is CCNC(=NCc1ccc(C(F)(F)F)cc1)NCCN1C(=O)CNC1=O.I. The maximum Gasteiger partial charge on any atom is 0.416 e. The number of carbonyl (C=O) groups excluding carboxylic acids is 2. The van der Waals surface area contributed by atoms with Crippen LogP contribution in [0.5, 0.6) is 0 Å². The summed E-state index contributed by atoms with van der Waals surface area (Å²) in [5, 5.41) is 8.40. The molecular weight excluding hydrogens is 478 g/mol. The Morgan fingerprint density at radius 3 is 2.41 bits per heavy atom. The molecule has 0 atom stereocenters. The van der Waals surface area contributed by atoms with Gasteiger partial charge in [0.25, 0.3) is 0 Å². The van der Waals surface area contributed by atoms with Crippen LogP contribution in [0.3, 0.4) is 0 Å². The molecule has 0 saturated carbocycles. The van der Waals surface area contributed by atoms with Gasteiger partial charge in [0, 0.05) is 19.6 Å². The number of imide groups is 1. The van der Waals surface area contributed by atoms with Crippen LogP contribution in [0, 0.1) is 0 Å².